The first kappa shape index (κ1) is 23.8. The zero-order chi connectivity index (χ0) is 25.4. The second-order valence-electron chi connectivity index (χ2n) is 7.46. The maximum Gasteiger partial charge on any atom is 0.267 e. The summed E-state index contributed by atoms with van der Waals surface area (Å²) in [6.45, 7) is 1.57. The molecule has 13 heteroatoms. The molecule has 9 nitrogen and oxygen atoms in total. The van der Waals surface area contributed by atoms with Crippen LogP contribution in [0.2, 0.25) is 5.02 Å². The summed E-state index contributed by atoms with van der Waals surface area (Å²) >= 11 is 6.23. The molecule has 0 saturated carbocycles. The van der Waals surface area contributed by atoms with E-state index in [0.29, 0.717) is 6.07 Å². The third-order valence-electron chi connectivity index (χ3n) is 5.09. The molecule has 0 fully saturated rings. The van der Waals surface area contributed by atoms with Crippen LogP contribution in [0.15, 0.2) is 41.2 Å². The number of nitriles is 1. The van der Waals surface area contributed by atoms with Crippen molar-refractivity contribution in [2.75, 3.05) is 16.8 Å². The number of hydrogen-bond donors (Lipinski definition) is 3. The molecular weight excluding hydrogens is 485 g/mol. The molecule has 0 aliphatic heterocycles. The number of nitrogens with zero attached hydrogens (tertiary/aromatic N) is 5. The topological polar surface area (TPSA) is 149 Å². The van der Waals surface area contributed by atoms with E-state index in [-0.39, 0.29) is 50.6 Å². The number of halogens is 4. The van der Waals surface area contributed by atoms with Crippen LogP contribution >= 0.6 is 11.6 Å². The molecule has 4 aromatic rings. The van der Waals surface area contributed by atoms with Gasteiger partial charge in [0.1, 0.15) is 29.1 Å². The van der Waals surface area contributed by atoms with Gasteiger partial charge in [-0.2, -0.15) is 15.2 Å². The molecule has 2 aromatic carbocycles. The molecule has 1 atom stereocenters. The van der Waals surface area contributed by atoms with Gasteiger partial charge >= 0.3 is 0 Å². The van der Waals surface area contributed by atoms with Crippen molar-refractivity contribution < 1.29 is 13.2 Å². The lowest BCUT2D eigenvalue weighted by Gasteiger charge is -2.21. The van der Waals surface area contributed by atoms with Crippen molar-refractivity contribution in [2.24, 2.45) is 0 Å². The average Bonchev–Trinajstić information content (AvgIpc) is 2.78. The second kappa shape index (κ2) is 9.11. The Morgan fingerprint density at radius 1 is 1.17 bits per heavy atom. The van der Waals surface area contributed by atoms with Crippen LogP contribution in [-0.4, -0.2) is 19.5 Å². The Kier molecular flexibility index (Phi) is 6.19. The Hall–Kier alpha value is -4.37. The molecule has 0 unspecified atom stereocenters. The van der Waals surface area contributed by atoms with Crippen LogP contribution in [0.5, 0.6) is 0 Å². The minimum atomic E-state index is -2.98. The Morgan fingerprint density at radius 2 is 1.91 bits per heavy atom. The van der Waals surface area contributed by atoms with E-state index in [1.54, 1.807) is 19.1 Å². The van der Waals surface area contributed by atoms with Gasteiger partial charge in [0.05, 0.1) is 27.7 Å². The van der Waals surface area contributed by atoms with Gasteiger partial charge in [0.25, 0.3) is 12.0 Å². The summed E-state index contributed by atoms with van der Waals surface area (Å²) in [5.41, 5.74) is 9.99. The van der Waals surface area contributed by atoms with Gasteiger partial charge in [-0.05, 0) is 37.3 Å². The SMILES string of the molecule is C[C@H](Nc1nc(N)nc(N)c1C#N)c1nc2cccc(Cl)c2c(=O)n1-c1cc(F)cc(C(F)F)c1. The highest BCUT2D eigenvalue weighted by Crippen LogP contribution is 2.28. The van der Waals surface area contributed by atoms with Gasteiger partial charge in [-0.1, -0.05) is 17.7 Å². The van der Waals surface area contributed by atoms with Gasteiger partial charge in [0, 0.05) is 5.56 Å². The van der Waals surface area contributed by atoms with Crippen molar-refractivity contribution in [1.29, 1.82) is 5.26 Å². The second-order valence-corrected chi connectivity index (χ2v) is 7.86. The largest absolute Gasteiger partial charge is 0.382 e. The number of nitrogens with one attached hydrogen (secondary N) is 1. The summed E-state index contributed by atoms with van der Waals surface area (Å²) in [4.78, 5) is 25.7. The third-order valence-corrected chi connectivity index (χ3v) is 5.41. The van der Waals surface area contributed by atoms with E-state index in [4.69, 9.17) is 23.1 Å². The van der Waals surface area contributed by atoms with Crippen LogP contribution < -0.4 is 22.3 Å². The van der Waals surface area contributed by atoms with E-state index in [2.05, 4.69) is 20.3 Å². The quantitative estimate of drug-likeness (QED) is 0.370. The zero-order valence-electron chi connectivity index (χ0n) is 17.9. The third kappa shape index (κ3) is 4.41. The minimum absolute atomic E-state index is 0.00442. The van der Waals surface area contributed by atoms with Crippen LogP contribution in [-0.2, 0) is 0 Å². The Morgan fingerprint density at radius 3 is 2.60 bits per heavy atom. The molecule has 0 aliphatic rings. The van der Waals surface area contributed by atoms with E-state index >= 15 is 0 Å². The molecular formula is C22H16ClF3N8O. The molecule has 2 heterocycles. The summed E-state index contributed by atoms with van der Waals surface area (Å²) in [6, 6.07) is 8.16. The Labute approximate surface area is 200 Å². The molecule has 2 aromatic heterocycles. The fourth-order valence-electron chi connectivity index (χ4n) is 3.58. The van der Waals surface area contributed by atoms with Crippen LogP contribution in [0.3, 0.4) is 0 Å². The average molecular weight is 501 g/mol. The summed E-state index contributed by atoms with van der Waals surface area (Å²) in [5, 5.41) is 12.4. The van der Waals surface area contributed by atoms with Crippen LogP contribution in [0.25, 0.3) is 16.6 Å². The van der Waals surface area contributed by atoms with Gasteiger partial charge in [0.15, 0.2) is 5.82 Å². The lowest BCUT2D eigenvalue weighted by Crippen LogP contribution is -2.28. The number of fused-ring (bicyclic) bond motifs is 1. The van der Waals surface area contributed by atoms with Gasteiger partial charge in [0.2, 0.25) is 5.95 Å². The number of rotatable bonds is 5. The van der Waals surface area contributed by atoms with E-state index in [9.17, 15) is 23.2 Å². The van der Waals surface area contributed by atoms with Crippen LogP contribution in [0.1, 0.15) is 36.3 Å². The summed E-state index contributed by atoms with van der Waals surface area (Å²) in [5.74, 6) is -1.39. The minimum Gasteiger partial charge on any atom is -0.382 e. The first-order valence-corrected chi connectivity index (χ1v) is 10.4. The predicted octanol–water partition coefficient (Wildman–Crippen LogP) is 4.11. The van der Waals surface area contributed by atoms with Crippen LogP contribution in [0.4, 0.5) is 30.8 Å². The number of benzene rings is 2. The van der Waals surface area contributed by atoms with E-state index in [1.165, 1.54) is 6.07 Å². The predicted molar refractivity (Wildman–Crippen MR) is 125 cm³/mol. The molecule has 0 bridgehead atoms. The number of nitrogen functional groups attached to an aromatic ring is 2. The standard InChI is InChI=1S/C22H16ClF3N8O/c1-9(30-19-13(8-27)18(28)32-22(29)33-19)20-31-15-4-2-3-14(23)16(15)21(35)34(20)12-6-10(17(25)26)5-11(24)7-12/h2-7,9,17H,1H3,(H5,28,29,30,32,33)/t9-/m0/s1. The molecule has 0 aliphatic carbocycles. The maximum atomic E-state index is 14.3. The van der Waals surface area contributed by atoms with E-state index in [1.807, 2.05) is 6.07 Å². The zero-order valence-corrected chi connectivity index (χ0v) is 18.7. The highest BCUT2D eigenvalue weighted by molar-refractivity contribution is 6.35. The van der Waals surface area contributed by atoms with Crippen molar-refractivity contribution in [2.45, 2.75) is 19.4 Å². The van der Waals surface area contributed by atoms with Gasteiger partial charge in [-0.15, -0.1) is 0 Å². The molecule has 0 amide bonds. The van der Waals surface area contributed by atoms with Crippen molar-refractivity contribution in [1.82, 2.24) is 19.5 Å². The highest BCUT2D eigenvalue weighted by atomic mass is 35.5. The Bertz CT molecular complexity index is 1570. The van der Waals surface area contributed by atoms with E-state index < -0.39 is 29.4 Å². The van der Waals surface area contributed by atoms with Gasteiger partial charge in [-0.3, -0.25) is 9.36 Å². The summed E-state index contributed by atoms with van der Waals surface area (Å²) < 4.78 is 42.0. The maximum absolute atomic E-state index is 14.3. The molecule has 4 rings (SSSR count). The molecule has 178 valence electrons. The summed E-state index contributed by atoms with van der Waals surface area (Å²) in [6.07, 6.45) is -2.98. The lowest BCUT2D eigenvalue weighted by molar-refractivity contribution is 0.151. The summed E-state index contributed by atoms with van der Waals surface area (Å²) in [7, 11) is 0. The fraction of sp³-hybridized carbons (Fsp3) is 0.136. The van der Waals surface area contributed by atoms with Gasteiger partial charge < -0.3 is 16.8 Å². The monoisotopic (exact) mass is 500 g/mol. The smallest absolute Gasteiger partial charge is 0.267 e. The van der Waals surface area contributed by atoms with Crippen molar-refractivity contribution in [3.63, 3.8) is 0 Å². The van der Waals surface area contributed by atoms with Crippen molar-refractivity contribution in [3.8, 4) is 11.8 Å². The van der Waals surface area contributed by atoms with Crippen LogP contribution in [0, 0.1) is 17.1 Å². The first-order chi connectivity index (χ1) is 16.6. The molecule has 35 heavy (non-hydrogen) atoms. The molecule has 0 saturated heterocycles. The number of hydrogen-bond acceptors (Lipinski definition) is 8. The first-order valence-electron chi connectivity index (χ1n) is 10.0. The molecule has 5 N–H and O–H groups in total. The number of anilines is 3. The Balaban J connectivity index is 1.99. The van der Waals surface area contributed by atoms with Crippen molar-refractivity contribution in [3.05, 3.63) is 74.5 Å². The molecule has 0 spiro atoms. The molecule has 0 radical (unpaired) electrons. The van der Waals surface area contributed by atoms with Crippen molar-refractivity contribution >= 4 is 40.1 Å². The number of aromatic nitrogens is 4. The number of alkyl halides is 2. The number of nitrogens with two attached hydrogens (primary N) is 2. The van der Waals surface area contributed by atoms with Gasteiger partial charge in [-0.25, -0.2) is 18.2 Å². The normalized spacial score (nSPS) is 12.0. The lowest BCUT2D eigenvalue weighted by atomic mass is 10.1. The fourth-order valence-corrected chi connectivity index (χ4v) is 3.83. The highest BCUT2D eigenvalue weighted by Gasteiger charge is 2.23. The van der Waals surface area contributed by atoms with E-state index in [0.717, 1.165) is 16.7 Å².